The SMILES string of the molecule is CC[NH+](CC)CCN(C(=O)CCOc1ccccc1)c1nc2ccccc2s1. The van der Waals surface area contributed by atoms with Gasteiger partial charge in [-0.1, -0.05) is 41.7 Å². The van der Waals surface area contributed by atoms with Gasteiger partial charge in [0.15, 0.2) is 5.13 Å². The number of hydrogen-bond acceptors (Lipinski definition) is 4. The van der Waals surface area contributed by atoms with Crippen LogP contribution in [0.1, 0.15) is 20.3 Å². The molecule has 148 valence electrons. The van der Waals surface area contributed by atoms with Gasteiger partial charge in [0.05, 0.1) is 49.4 Å². The number of para-hydroxylation sites is 2. The lowest BCUT2D eigenvalue weighted by Crippen LogP contribution is -3.12. The fraction of sp³-hybridized carbons (Fsp3) is 0.364. The minimum atomic E-state index is 0.0570. The molecule has 2 aromatic carbocycles. The fourth-order valence-corrected chi connectivity index (χ4v) is 4.09. The summed E-state index contributed by atoms with van der Waals surface area (Å²) >= 11 is 1.57. The van der Waals surface area contributed by atoms with Gasteiger partial charge >= 0.3 is 0 Å². The van der Waals surface area contributed by atoms with Gasteiger partial charge in [-0.15, -0.1) is 0 Å². The van der Waals surface area contributed by atoms with E-state index < -0.39 is 0 Å². The highest BCUT2D eigenvalue weighted by molar-refractivity contribution is 7.22. The number of carbonyl (C=O) groups excluding carboxylic acids is 1. The number of benzene rings is 2. The van der Waals surface area contributed by atoms with Crippen molar-refractivity contribution >= 4 is 32.6 Å². The number of thiazole rings is 1. The number of nitrogens with zero attached hydrogens (tertiary/aromatic N) is 2. The van der Waals surface area contributed by atoms with Crippen molar-refractivity contribution in [2.75, 3.05) is 37.7 Å². The highest BCUT2D eigenvalue weighted by Crippen LogP contribution is 2.28. The van der Waals surface area contributed by atoms with Crippen LogP contribution in [0.2, 0.25) is 0 Å². The highest BCUT2D eigenvalue weighted by atomic mass is 32.1. The fourth-order valence-electron chi connectivity index (χ4n) is 3.08. The molecule has 0 spiro atoms. The summed E-state index contributed by atoms with van der Waals surface area (Å²) in [6.45, 7) is 8.40. The van der Waals surface area contributed by atoms with E-state index in [9.17, 15) is 4.79 Å². The zero-order chi connectivity index (χ0) is 19.8. The summed E-state index contributed by atoms with van der Waals surface area (Å²) in [4.78, 5) is 21.0. The summed E-state index contributed by atoms with van der Waals surface area (Å²) in [6.07, 6.45) is 0.332. The molecule has 5 nitrogen and oxygen atoms in total. The Bertz CT molecular complexity index is 845. The van der Waals surface area contributed by atoms with Gasteiger partial charge < -0.3 is 9.64 Å². The third-order valence-electron chi connectivity index (χ3n) is 4.83. The zero-order valence-electron chi connectivity index (χ0n) is 16.6. The average Bonchev–Trinajstić information content (AvgIpc) is 3.15. The molecule has 0 aliphatic heterocycles. The smallest absolute Gasteiger partial charge is 0.232 e. The van der Waals surface area contributed by atoms with Crippen LogP contribution in [-0.2, 0) is 4.79 Å². The number of aromatic nitrogens is 1. The largest absolute Gasteiger partial charge is 0.493 e. The molecule has 0 radical (unpaired) electrons. The van der Waals surface area contributed by atoms with Gasteiger partial charge in [-0.2, -0.15) is 0 Å². The molecule has 1 heterocycles. The molecule has 0 saturated heterocycles. The maximum absolute atomic E-state index is 13.0. The van der Waals surface area contributed by atoms with E-state index in [0.717, 1.165) is 40.7 Å². The van der Waals surface area contributed by atoms with Crippen molar-refractivity contribution in [1.82, 2.24) is 4.98 Å². The number of anilines is 1. The molecule has 1 amide bonds. The second kappa shape index (κ2) is 10.2. The Morgan fingerprint density at radius 1 is 1.07 bits per heavy atom. The third kappa shape index (κ3) is 5.30. The quantitative estimate of drug-likeness (QED) is 0.571. The summed E-state index contributed by atoms with van der Waals surface area (Å²) in [7, 11) is 0. The van der Waals surface area contributed by atoms with E-state index in [1.807, 2.05) is 59.5 Å². The molecule has 28 heavy (non-hydrogen) atoms. The van der Waals surface area contributed by atoms with Crippen molar-refractivity contribution in [2.45, 2.75) is 20.3 Å². The van der Waals surface area contributed by atoms with Crippen LogP contribution in [0.5, 0.6) is 5.75 Å². The van der Waals surface area contributed by atoms with Crippen molar-refractivity contribution in [3.05, 3.63) is 54.6 Å². The van der Waals surface area contributed by atoms with Gasteiger partial charge in [-0.25, -0.2) is 4.98 Å². The van der Waals surface area contributed by atoms with Gasteiger partial charge in [0.25, 0.3) is 0 Å². The molecule has 0 saturated carbocycles. The molecular formula is C22H28N3O2S+. The topological polar surface area (TPSA) is 46.9 Å². The Morgan fingerprint density at radius 2 is 1.79 bits per heavy atom. The molecule has 6 heteroatoms. The molecule has 0 aliphatic rings. The summed E-state index contributed by atoms with van der Waals surface area (Å²) in [5, 5.41) is 0.775. The molecule has 0 atom stereocenters. The maximum atomic E-state index is 13.0. The monoisotopic (exact) mass is 398 g/mol. The Labute approximate surface area is 170 Å². The first-order valence-electron chi connectivity index (χ1n) is 9.88. The molecule has 3 aromatic rings. The number of fused-ring (bicyclic) bond motifs is 1. The van der Waals surface area contributed by atoms with Crippen molar-refractivity contribution in [2.24, 2.45) is 0 Å². The molecular weight excluding hydrogens is 370 g/mol. The lowest BCUT2D eigenvalue weighted by Gasteiger charge is -2.23. The van der Waals surface area contributed by atoms with Crippen LogP contribution < -0.4 is 14.5 Å². The van der Waals surface area contributed by atoms with Crippen LogP contribution in [0.25, 0.3) is 10.2 Å². The lowest BCUT2D eigenvalue weighted by atomic mass is 10.3. The number of hydrogen-bond donors (Lipinski definition) is 1. The van der Waals surface area contributed by atoms with Gasteiger partial charge in [0.2, 0.25) is 5.91 Å². The number of amides is 1. The van der Waals surface area contributed by atoms with Crippen molar-refractivity contribution in [3.8, 4) is 5.75 Å². The first kappa shape index (κ1) is 20.3. The molecule has 3 rings (SSSR count). The number of rotatable bonds is 10. The molecule has 0 unspecified atom stereocenters. The molecule has 0 aliphatic carbocycles. The van der Waals surface area contributed by atoms with E-state index in [1.165, 1.54) is 4.90 Å². The third-order valence-corrected chi connectivity index (χ3v) is 5.89. The average molecular weight is 399 g/mol. The Hall–Kier alpha value is -2.44. The molecule has 0 fully saturated rings. The van der Waals surface area contributed by atoms with Crippen LogP contribution in [0.4, 0.5) is 5.13 Å². The maximum Gasteiger partial charge on any atom is 0.232 e. The van der Waals surface area contributed by atoms with E-state index >= 15 is 0 Å². The minimum Gasteiger partial charge on any atom is -0.493 e. The lowest BCUT2D eigenvalue weighted by molar-refractivity contribution is -0.894. The predicted molar refractivity (Wildman–Crippen MR) is 115 cm³/mol. The van der Waals surface area contributed by atoms with E-state index in [4.69, 9.17) is 9.72 Å². The van der Waals surface area contributed by atoms with Gasteiger partial charge in [-0.3, -0.25) is 9.69 Å². The van der Waals surface area contributed by atoms with E-state index in [1.54, 1.807) is 11.3 Å². The first-order chi connectivity index (χ1) is 13.7. The standard InChI is InChI=1S/C22H27N3O2S/c1-3-24(4-2)15-16-25(22-23-19-12-8-9-13-20(19)28-22)21(26)14-17-27-18-10-6-5-7-11-18/h5-13H,3-4,14-17H2,1-2H3/p+1. The number of ether oxygens (including phenoxy) is 1. The Kier molecular flexibility index (Phi) is 7.39. The predicted octanol–water partition coefficient (Wildman–Crippen LogP) is 3.02. The highest BCUT2D eigenvalue weighted by Gasteiger charge is 2.21. The van der Waals surface area contributed by atoms with Crippen LogP contribution in [0, 0.1) is 0 Å². The molecule has 1 aromatic heterocycles. The van der Waals surface area contributed by atoms with E-state index in [2.05, 4.69) is 13.8 Å². The van der Waals surface area contributed by atoms with Gasteiger partial charge in [-0.05, 0) is 38.1 Å². The van der Waals surface area contributed by atoms with Crippen molar-refractivity contribution < 1.29 is 14.4 Å². The summed E-state index contributed by atoms with van der Waals surface area (Å²) in [6, 6.07) is 17.6. The number of nitrogens with one attached hydrogen (secondary N) is 1. The Morgan fingerprint density at radius 3 is 2.50 bits per heavy atom. The summed E-state index contributed by atoms with van der Waals surface area (Å²) < 4.78 is 6.82. The Balaban J connectivity index is 1.70. The number of likely N-dealkylation sites (N-methyl/N-ethyl adjacent to an activating group) is 1. The van der Waals surface area contributed by atoms with E-state index in [0.29, 0.717) is 19.6 Å². The van der Waals surface area contributed by atoms with Crippen LogP contribution in [-0.4, -0.2) is 43.7 Å². The number of carbonyl (C=O) groups is 1. The summed E-state index contributed by atoms with van der Waals surface area (Å²) in [5.74, 6) is 0.843. The second-order valence-electron chi connectivity index (χ2n) is 6.63. The normalized spacial score (nSPS) is 11.1. The summed E-state index contributed by atoms with van der Waals surface area (Å²) in [5.41, 5.74) is 0.941. The van der Waals surface area contributed by atoms with Gasteiger partial charge in [0, 0.05) is 0 Å². The van der Waals surface area contributed by atoms with Gasteiger partial charge in [0.1, 0.15) is 5.75 Å². The minimum absolute atomic E-state index is 0.0570. The van der Waals surface area contributed by atoms with Crippen LogP contribution >= 0.6 is 11.3 Å². The van der Waals surface area contributed by atoms with E-state index in [-0.39, 0.29) is 5.91 Å². The second-order valence-corrected chi connectivity index (χ2v) is 7.64. The van der Waals surface area contributed by atoms with Crippen LogP contribution in [0.3, 0.4) is 0 Å². The van der Waals surface area contributed by atoms with Crippen molar-refractivity contribution in [3.63, 3.8) is 0 Å². The molecule has 0 bridgehead atoms. The first-order valence-corrected chi connectivity index (χ1v) is 10.7. The van der Waals surface area contributed by atoms with Crippen molar-refractivity contribution in [1.29, 1.82) is 0 Å². The van der Waals surface area contributed by atoms with Crippen LogP contribution in [0.15, 0.2) is 54.6 Å². The number of quaternary nitrogens is 1. The molecule has 1 N–H and O–H groups in total. The zero-order valence-corrected chi connectivity index (χ0v) is 17.4.